The topological polar surface area (TPSA) is 152 Å². The number of benzene rings is 1. The van der Waals surface area contributed by atoms with E-state index >= 15 is 0 Å². The van der Waals surface area contributed by atoms with Crippen molar-refractivity contribution >= 4 is 17.5 Å². The molecule has 0 radical (unpaired) electrons. The molecular formula is C30H35N11O3. The van der Waals surface area contributed by atoms with E-state index in [-0.39, 0.29) is 6.10 Å². The van der Waals surface area contributed by atoms with Gasteiger partial charge in [0.05, 0.1) is 38.6 Å². The molecule has 5 heterocycles. The molecule has 0 spiro atoms. The smallest absolute Gasteiger partial charge is 0.227 e. The summed E-state index contributed by atoms with van der Waals surface area (Å²) in [5.41, 5.74) is 2.71. The average Bonchev–Trinajstić information content (AvgIpc) is 3.58. The number of aromatic nitrogens is 7. The quantitative estimate of drug-likeness (QED) is 0.285. The molecular weight excluding hydrogens is 562 g/mol. The van der Waals surface area contributed by atoms with Crippen molar-refractivity contribution in [2.75, 3.05) is 56.7 Å². The van der Waals surface area contributed by atoms with E-state index in [1.165, 1.54) is 6.33 Å². The summed E-state index contributed by atoms with van der Waals surface area (Å²) in [5, 5.41) is 24.0. The number of rotatable bonds is 10. The second-order valence-corrected chi connectivity index (χ2v) is 10.8. The monoisotopic (exact) mass is 597 g/mol. The van der Waals surface area contributed by atoms with Crippen LogP contribution < -0.4 is 19.7 Å². The van der Waals surface area contributed by atoms with Gasteiger partial charge in [-0.1, -0.05) is 6.07 Å². The summed E-state index contributed by atoms with van der Waals surface area (Å²) in [6.07, 6.45) is 8.68. The van der Waals surface area contributed by atoms with Crippen LogP contribution in [0.5, 0.6) is 11.5 Å². The molecule has 4 aromatic rings. The molecule has 2 aliphatic heterocycles. The summed E-state index contributed by atoms with van der Waals surface area (Å²) in [4.78, 5) is 18.6. The number of nitrogens with one attached hydrogen (secondary N) is 1. The fourth-order valence-electron chi connectivity index (χ4n) is 5.60. The number of hydrogen-bond acceptors (Lipinski definition) is 13. The van der Waals surface area contributed by atoms with Crippen molar-refractivity contribution in [2.24, 2.45) is 0 Å². The highest BCUT2D eigenvalue weighted by molar-refractivity contribution is 5.68. The number of nitrogens with zero attached hydrogens (tertiary/aromatic N) is 10. The molecule has 0 aliphatic carbocycles. The van der Waals surface area contributed by atoms with E-state index < -0.39 is 0 Å². The van der Waals surface area contributed by atoms with E-state index in [4.69, 9.17) is 19.2 Å². The molecule has 0 amide bonds. The van der Waals surface area contributed by atoms with Crippen LogP contribution in [-0.2, 0) is 11.3 Å². The Labute approximate surface area is 255 Å². The number of morpholine rings is 1. The van der Waals surface area contributed by atoms with Crippen molar-refractivity contribution in [3.05, 3.63) is 54.7 Å². The predicted molar refractivity (Wildman–Crippen MR) is 162 cm³/mol. The lowest BCUT2D eigenvalue weighted by Gasteiger charge is -2.40. The van der Waals surface area contributed by atoms with Gasteiger partial charge in [0.1, 0.15) is 41.5 Å². The first-order valence-electron chi connectivity index (χ1n) is 14.7. The highest BCUT2D eigenvalue weighted by Gasteiger charge is 2.26. The van der Waals surface area contributed by atoms with Gasteiger partial charge < -0.3 is 24.4 Å². The average molecular weight is 598 g/mol. The van der Waals surface area contributed by atoms with Gasteiger partial charge in [0.2, 0.25) is 5.95 Å². The first-order valence-corrected chi connectivity index (χ1v) is 14.7. The fraction of sp³-hybridized carbons (Fsp3) is 0.433. The Morgan fingerprint density at radius 2 is 1.82 bits per heavy atom. The maximum atomic E-state index is 9.60. The molecule has 2 aliphatic rings. The van der Waals surface area contributed by atoms with Crippen molar-refractivity contribution in [3.63, 3.8) is 0 Å². The third-order valence-electron chi connectivity index (χ3n) is 7.92. The Morgan fingerprint density at radius 1 is 1.02 bits per heavy atom. The number of methoxy groups -OCH3 is 1. The van der Waals surface area contributed by atoms with Crippen molar-refractivity contribution in [1.82, 2.24) is 40.1 Å². The third-order valence-corrected chi connectivity index (χ3v) is 7.92. The molecule has 2 fully saturated rings. The van der Waals surface area contributed by atoms with Crippen LogP contribution >= 0.6 is 0 Å². The molecule has 1 aromatic carbocycles. The number of ether oxygens (including phenoxy) is 3. The zero-order valence-corrected chi connectivity index (χ0v) is 24.8. The standard InChI is InChI=1S/C30H35N11O3/c1-21(19-41-20-35-37-38-41)44-27-13-22(3-4-23(27)15-31)24-16-33-30(34-17-24)36-26-18-32-29(14-28(26)42-2)40-7-5-25(6-8-40)39-9-11-43-12-10-39/h3-4,13-14,16-18,20-21,25H,5-12,19H2,1-2H3,(H,33,34,36)/t21-/m0/s1. The Hall–Kier alpha value is -4.87. The highest BCUT2D eigenvalue weighted by Crippen LogP contribution is 2.32. The van der Waals surface area contributed by atoms with Gasteiger partial charge in [-0.25, -0.2) is 19.6 Å². The number of pyridine rings is 1. The van der Waals surface area contributed by atoms with Gasteiger partial charge in [-0.05, 0) is 47.9 Å². The number of piperidine rings is 1. The van der Waals surface area contributed by atoms with Crippen molar-refractivity contribution in [2.45, 2.75) is 38.5 Å². The third kappa shape index (κ3) is 6.85. The first-order chi connectivity index (χ1) is 21.6. The van der Waals surface area contributed by atoms with Gasteiger partial charge in [-0.2, -0.15) is 5.26 Å². The Kier molecular flexibility index (Phi) is 9.04. The lowest BCUT2D eigenvalue weighted by molar-refractivity contribution is 0.0115. The minimum atomic E-state index is -0.263. The van der Waals surface area contributed by atoms with E-state index in [0.29, 0.717) is 41.3 Å². The van der Waals surface area contributed by atoms with Gasteiger partial charge in [0.15, 0.2) is 0 Å². The maximum absolute atomic E-state index is 9.60. The molecule has 14 nitrogen and oxygen atoms in total. The van der Waals surface area contributed by atoms with Crippen LogP contribution in [-0.4, -0.2) is 98.7 Å². The summed E-state index contributed by atoms with van der Waals surface area (Å²) in [6, 6.07) is 10.1. The zero-order chi connectivity index (χ0) is 30.3. The number of nitriles is 1. The highest BCUT2D eigenvalue weighted by atomic mass is 16.5. The van der Waals surface area contributed by atoms with E-state index in [2.05, 4.69) is 46.7 Å². The Bertz CT molecular complexity index is 1560. The molecule has 0 unspecified atom stereocenters. The lowest BCUT2D eigenvalue weighted by atomic mass is 10.0. The molecule has 3 aromatic heterocycles. The predicted octanol–water partition coefficient (Wildman–Crippen LogP) is 2.92. The van der Waals surface area contributed by atoms with Gasteiger partial charge in [-0.15, -0.1) is 5.10 Å². The van der Waals surface area contributed by atoms with Crippen molar-refractivity contribution in [3.8, 4) is 28.7 Å². The van der Waals surface area contributed by atoms with Crippen LogP contribution in [0.15, 0.2) is 49.2 Å². The molecule has 0 bridgehead atoms. The van der Waals surface area contributed by atoms with E-state index in [1.807, 2.05) is 25.1 Å². The van der Waals surface area contributed by atoms with Crippen LogP contribution in [0, 0.1) is 11.3 Å². The molecule has 1 N–H and O–H groups in total. The normalized spacial score (nSPS) is 16.7. The molecule has 2 saturated heterocycles. The Morgan fingerprint density at radius 3 is 2.52 bits per heavy atom. The van der Waals surface area contributed by atoms with Crippen LogP contribution in [0.25, 0.3) is 11.1 Å². The second-order valence-electron chi connectivity index (χ2n) is 10.8. The fourth-order valence-corrected chi connectivity index (χ4v) is 5.60. The molecule has 14 heteroatoms. The van der Waals surface area contributed by atoms with E-state index in [0.717, 1.165) is 69.2 Å². The summed E-state index contributed by atoms with van der Waals surface area (Å²) >= 11 is 0. The van der Waals surface area contributed by atoms with Crippen molar-refractivity contribution in [1.29, 1.82) is 5.26 Å². The molecule has 0 saturated carbocycles. The van der Waals surface area contributed by atoms with Crippen LogP contribution in [0.2, 0.25) is 0 Å². The van der Waals surface area contributed by atoms with Gasteiger partial charge in [0, 0.05) is 56.2 Å². The molecule has 1 atom stereocenters. The summed E-state index contributed by atoms with van der Waals surface area (Å²) in [5.74, 6) is 2.44. The number of tetrazole rings is 1. The van der Waals surface area contributed by atoms with Gasteiger partial charge in [-0.3, -0.25) is 4.90 Å². The molecule has 228 valence electrons. The van der Waals surface area contributed by atoms with E-state index in [1.54, 1.807) is 36.4 Å². The number of hydrogen-bond donors (Lipinski definition) is 1. The Balaban J connectivity index is 1.10. The summed E-state index contributed by atoms with van der Waals surface area (Å²) in [7, 11) is 1.65. The van der Waals surface area contributed by atoms with Crippen LogP contribution in [0.3, 0.4) is 0 Å². The molecule has 6 rings (SSSR count). The summed E-state index contributed by atoms with van der Waals surface area (Å²) < 4.78 is 18.9. The van der Waals surface area contributed by atoms with Gasteiger partial charge in [0.25, 0.3) is 0 Å². The second kappa shape index (κ2) is 13.6. The minimum absolute atomic E-state index is 0.263. The first kappa shape index (κ1) is 29.2. The van der Waals surface area contributed by atoms with Crippen molar-refractivity contribution < 1.29 is 14.2 Å². The lowest BCUT2D eigenvalue weighted by Crippen LogP contribution is -2.49. The largest absolute Gasteiger partial charge is 0.494 e. The van der Waals surface area contributed by atoms with Gasteiger partial charge >= 0.3 is 0 Å². The summed E-state index contributed by atoms with van der Waals surface area (Å²) in [6.45, 7) is 7.94. The van der Waals surface area contributed by atoms with E-state index in [9.17, 15) is 5.26 Å². The minimum Gasteiger partial charge on any atom is -0.494 e. The molecule has 44 heavy (non-hydrogen) atoms. The van der Waals surface area contributed by atoms with Crippen LogP contribution in [0.4, 0.5) is 17.5 Å². The maximum Gasteiger partial charge on any atom is 0.227 e. The van der Waals surface area contributed by atoms with Crippen LogP contribution in [0.1, 0.15) is 25.3 Å². The number of anilines is 3. The SMILES string of the molecule is COc1cc(N2CCC(N3CCOCC3)CC2)ncc1Nc1ncc(-c2ccc(C#N)c(O[C@@H](C)Cn3cnnn3)c2)cn1. The zero-order valence-electron chi connectivity index (χ0n) is 24.8.